The molecule has 2 unspecified atom stereocenters. The minimum absolute atomic E-state index is 0.489. The molecule has 0 amide bonds. The van der Waals surface area contributed by atoms with Crippen molar-refractivity contribution in [3.05, 3.63) is 35.9 Å². The topological polar surface area (TPSA) is 15.3 Å². The maximum atomic E-state index is 3.61. The Kier molecular flexibility index (Phi) is 6.21. The number of hydrogen-bond acceptors (Lipinski definition) is 3. The lowest BCUT2D eigenvalue weighted by Crippen LogP contribution is -2.34. The van der Waals surface area contributed by atoms with E-state index in [4.69, 9.17) is 0 Å². The summed E-state index contributed by atoms with van der Waals surface area (Å²) in [5, 5.41) is 3.61. The van der Waals surface area contributed by atoms with Gasteiger partial charge >= 0.3 is 0 Å². The molecular weight excluding hydrogens is 252 g/mol. The molecule has 0 saturated carbocycles. The van der Waals surface area contributed by atoms with Gasteiger partial charge in [0, 0.05) is 17.8 Å². The maximum absolute atomic E-state index is 3.61. The summed E-state index contributed by atoms with van der Waals surface area (Å²) in [4.78, 5) is 2.55. The molecule has 2 atom stereocenters. The molecule has 0 bridgehead atoms. The molecule has 1 aliphatic heterocycles. The van der Waals surface area contributed by atoms with Crippen molar-refractivity contribution in [1.29, 1.82) is 0 Å². The molecule has 0 spiro atoms. The fraction of sp³-hybridized carbons (Fsp3) is 0.625. The average molecular weight is 278 g/mol. The number of benzene rings is 1. The average Bonchev–Trinajstić information content (AvgIpc) is 2.98. The number of nitrogens with one attached hydrogen (secondary N) is 1. The SMILES string of the molecule is CCNC(CCN(C)C1CCSC1)c1ccccc1. The molecule has 106 valence electrons. The van der Waals surface area contributed by atoms with Crippen LogP contribution in [-0.4, -0.2) is 42.6 Å². The molecule has 1 saturated heterocycles. The van der Waals surface area contributed by atoms with Crippen molar-refractivity contribution < 1.29 is 0 Å². The molecule has 0 aliphatic carbocycles. The van der Waals surface area contributed by atoms with Crippen molar-refractivity contribution in [2.75, 3.05) is 31.6 Å². The van der Waals surface area contributed by atoms with Crippen LogP contribution in [-0.2, 0) is 0 Å². The van der Waals surface area contributed by atoms with Crippen LogP contribution in [0.25, 0.3) is 0 Å². The van der Waals surface area contributed by atoms with Crippen molar-refractivity contribution >= 4 is 11.8 Å². The van der Waals surface area contributed by atoms with Crippen molar-refractivity contribution in [2.45, 2.75) is 31.8 Å². The smallest absolute Gasteiger partial charge is 0.0332 e. The van der Waals surface area contributed by atoms with Crippen LogP contribution in [0.5, 0.6) is 0 Å². The van der Waals surface area contributed by atoms with Crippen LogP contribution < -0.4 is 5.32 Å². The predicted molar refractivity (Wildman–Crippen MR) is 85.8 cm³/mol. The molecule has 1 aromatic rings. The Hall–Kier alpha value is -0.510. The lowest BCUT2D eigenvalue weighted by Gasteiger charge is -2.26. The third-order valence-corrected chi connectivity index (χ3v) is 5.10. The highest BCUT2D eigenvalue weighted by Gasteiger charge is 2.20. The van der Waals surface area contributed by atoms with Gasteiger partial charge in [0.1, 0.15) is 0 Å². The zero-order valence-electron chi connectivity index (χ0n) is 12.1. The lowest BCUT2D eigenvalue weighted by atomic mass is 10.0. The molecule has 1 aromatic carbocycles. The Morgan fingerprint density at radius 2 is 2.16 bits per heavy atom. The molecule has 3 heteroatoms. The molecule has 1 heterocycles. The minimum Gasteiger partial charge on any atom is -0.310 e. The molecule has 2 rings (SSSR count). The van der Waals surface area contributed by atoms with E-state index in [0.29, 0.717) is 6.04 Å². The van der Waals surface area contributed by atoms with Gasteiger partial charge in [-0.25, -0.2) is 0 Å². The first-order valence-corrected chi connectivity index (χ1v) is 8.53. The molecule has 19 heavy (non-hydrogen) atoms. The zero-order valence-corrected chi connectivity index (χ0v) is 13.0. The second-order valence-electron chi connectivity index (χ2n) is 5.31. The number of thioether (sulfide) groups is 1. The Bertz CT molecular complexity index is 349. The van der Waals surface area contributed by atoms with Gasteiger partial charge in [0.2, 0.25) is 0 Å². The monoisotopic (exact) mass is 278 g/mol. The summed E-state index contributed by atoms with van der Waals surface area (Å²) in [6.07, 6.45) is 2.55. The van der Waals surface area contributed by atoms with Crippen LogP contribution in [0.3, 0.4) is 0 Å². The fourth-order valence-corrected chi connectivity index (χ4v) is 4.00. The van der Waals surface area contributed by atoms with E-state index in [1.165, 1.54) is 36.5 Å². The zero-order chi connectivity index (χ0) is 13.5. The first-order chi connectivity index (χ1) is 9.31. The minimum atomic E-state index is 0.489. The highest BCUT2D eigenvalue weighted by molar-refractivity contribution is 7.99. The summed E-state index contributed by atoms with van der Waals surface area (Å²) in [5.74, 6) is 2.65. The Labute approximate surface area is 122 Å². The standard InChI is InChI=1S/C16H26N2S/c1-3-17-16(14-7-5-4-6-8-14)9-11-18(2)15-10-12-19-13-15/h4-8,15-17H,3,9-13H2,1-2H3. The van der Waals surface area contributed by atoms with E-state index in [2.05, 4.69) is 66.3 Å². The summed E-state index contributed by atoms with van der Waals surface area (Å²) >= 11 is 2.09. The fourth-order valence-electron chi connectivity index (χ4n) is 2.70. The van der Waals surface area contributed by atoms with Crippen LogP contribution >= 0.6 is 11.8 Å². The lowest BCUT2D eigenvalue weighted by molar-refractivity contribution is 0.247. The molecule has 0 radical (unpaired) electrons. The Morgan fingerprint density at radius 1 is 1.37 bits per heavy atom. The second-order valence-corrected chi connectivity index (χ2v) is 6.46. The van der Waals surface area contributed by atoms with Gasteiger partial charge in [0.05, 0.1) is 0 Å². The van der Waals surface area contributed by atoms with E-state index >= 15 is 0 Å². The van der Waals surface area contributed by atoms with Crippen molar-refractivity contribution in [3.8, 4) is 0 Å². The second kappa shape index (κ2) is 7.93. The van der Waals surface area contributed by atoms with E-state index in [9.17, 15) is 0 Å². The molecule has 2 nitrogen and oxygen atoms in total. The largest absolute Gasteiger partial charge is 0.310 e. The van der Waals surface area contributed by atoms with Crippen LogP contribution in [0.4, 0.5) is 0 Å². The van der Waals surface area contributed by atoms with Crippen molar-refractivity contribution in [3.63, 3.8) is 0 Å². The van der Waals surface area contributed by atoms with Gasteiger partial charge < -0.3 is 10.2 Å². The quantitative estimate of drug-likeness (QED) is 0.825. The summed E-state index contributed by atoms with van der Waals surface area (Å²) in [5.41, 5.74) is 1.42. The van der Waals surface area contributed by atoms with Crippen LogP contribution in [0.2, 0.25) is 0 Å². The van der Waals surface area contributed by atoms with Gasteiger partial charge in [0.25, 0.3) is 0 Å². The molecule has 0 aromatic heterocycles. The first kappa shape index (κ1) is 14.9. The third-order valence-electron chi connectivity index (χ3n) is 3.95. The number of nitrogens with zero attached hydrogens (tertiary/aromatic N) is 1. The van der Waals surface area contributed by atoms with E-state index in [1.54, 1.807) is 0 Å². The van der Waals surface area contributed by atoms with Crippen molar-refractivity contribution in [2.24, 2.45) is 0 Å². The van der Waals surface area contributed by atoms with E-state index in [-0.39, 0.29) is 0 Å². The maximum Gasteiger partial charge on any atom is 0.0332 e. The van der Waals surface area contributed by atoms with Crippen LogP contribution in [0.15, 0.2) is 30.3 Å². The highest BCUT2D eigenvalue weighted by atomic mass is 32.2. The van der Waals surface area contributed by atoms with Crippen LogP contribution in [0, 0.1) is 0 Å². The normalized spacial score (nSPS) is 20.9. The first-order valence-electron chi connectivity index (χ1n) is 7.37. The van der Waals surface area contributed by atoms with Gasteiger partial charge in [-0.2, -0.15) is 11.8 Å². The molecular formula is C16H26N2S. The molecule has 1 N–H and O–H groups in total. The van der Waals surface area contributed by atoms with Gasteiger partial charge in [-0.1, -0.05) is 37.3 Å². The van der Waals surface area contributed by atoms with E-state index in [0.717, 1.165) is 12.6 Å². The van der Waals surface area contributed by atoms with Gasteiger partial charge in [-0.15, -0.1) is 0 Å². The van der Waals surface area contributed by atoms with Gasteiger partial charge in [0.15, 0.2) is 0 Å². The Morgan fingerprint density at radius 3 is 2.79 bits per heavy atom. The van der Waals surface area contributed by atoms with E-state index < -0.39 is 0 Å². The summed E-state index contributed by atoms with van der Waals surface area (Å²) < 4.78 is 0. The highest BCUT2D eigenvalue weighted by Crippen LogP contribution is 2.23. The molecule has 1 fully saturated rings. The van der Waals surface area contributed by atoms with E-state index in [1.807, 2.05) is 0 Å². The predicted octanol–water partition coefficient (Wildman–Crippen LogP) is 3.16. The summed E-state index contributed by atoms with van der Waals surface area (Å²) in [6.45, 7) is 4.40. The summed E-state index contributed by atoms with van der Waals surface area (Å²) in [6, 6.07) is 12.1. The van der Waals surface area contributed by atoms with Gasteiger partial charge in [-0.3, -0.25) is 0 Å². The number of rotatable bonds is 7. The van der Waals surface area contributed by atoms with Crippen LogP contribution in [0.1, 0.15) is 31.4 Å². The number of hydrogen-bond donors (Lipinski definition) is 1. The third kappa shape index (κ3) is 4.51. The van der Waals surface area contributed by atoms with Gasteiger partial charge in [-0.05, 0) is 44.3 Å². The summed E-state index contributed by atoms with van der Waals surface area (Å²) in [7, 11) is 2.28. The molecule has 1 aliphatic rings. The van der Waals surface area contributed by atoms with Crippen molar-refractivity contribution in [1.82, 2.24) is 10.2 Å². The Balaban J connectivity index is 1.86.